The summed E-state index contributed by atoms with van der Waals surface area (Å²) < 4.78 is 0. The minimum atomic E-state index is 0.163. The van der Waals surface area contributed by atoms with Crippen LogP contribution in [-0.2, 0) is 0 Å². The van der Waals surface area contributed by atoms with Crippen molar-refractivity contribution in [2.75, 3.05) is 0 Å². The predicted molar refractivity (Wildman–Crippen MR) is 152 cm³/mol. The van der Waals surface area contributed by atoms with Gasteiger partial charge in [-0.25, -0.2) is 4.98 Å². The summed E-state index contributed by atoms with van der Waals surface area (Å²) in [7, 11) is 0. The molecule has 0 amide bonds. The lowest BCUT2D eigenvalue weighted by molar-refractivity contribution is 1.07. The zero-order chi connectivity index (χ0) is 25.0. The van der Waals surface area contributed by atoms with Gasteiger partial charge < -0.3 is 0 Å². The maximum atomic E-state index is 6.47. The van der Waals surface area contributed by atoms with E-state index in [4.69, 9.17) is 16.6 Å². The highest BCUT2D eigenvalue weighted by Crippen LogP contribution is 2.35. The van der Waals surface area contributed by atoms with Gasteiger partial charge in [0.25, 0.3) is 0 Å². The molecule has 0 aliphatic carbocycles. The minimum absolute atomic E-state index is 0.163. The molecule has 0 fully saturated rings. The van der Waals surface area contributed by atoms with Crippen LogP contribution in [-0.4, -0.2) is 15.0 Å². The lowest BCUT2D eigenvalue weighted by Crippen LogP contribution is -1.99. The van der Waals surface area contributed by atoms with Gasteiger partial charge in [0, 0.05) is 11.1 Å². The molecule has 4 heteroatoms. The number of hydrogen-bond acceptors (Lipinski definition) is 3. The Morgan fingerprint density at radius 2 is 0.865 bits per heavy atom. The summed E-state index contributed by atoms with van der Waals surface area (Å²) in [6.45, 7) is 0. The second-order valence-corrected chi connectivity index (χ2v) is 9.03. The molecule has 0 saturated heterocycles. The van der Waals surface area contributed by atoms with Gasteiger partial charge in [0.05, 0.1) is 0 Å². The first-order valence-electron chi connectivity index (χ1n) is 12.1. The average molecular weight is 496 g/mol. The van der Waals surface area contributed by atoms with Gasteiger partial charge in [0.1, 0.15) is 0 Å². The molecule has 0 saturated carbocycles. The van der Waals surface area contributed by atoms with Crippen LogP contribution in [0.4, 0.5) is 0 Å². The molecule has 0 aliphatic heterocycles. The Kier molecular flexibility index (Phi) is 6.28. The Labute approximate surface area is 221 Å². The summed E-state index contributed by atoms with van der Waals surface area (Å²) in [4.78, 5) is 13.9. The number of benzene rings is 5. The summed E-state index contributed by atoms with van der Waals surface area (Å²) in [5.74, 6) is 1.08. The molecule has 37 heavy (non-hydrogen) atoms. The van der Waals surface area contributed by atoms with Crippen LogP contribution in [0.2, 0.25) is 5.28 Å². The van der Waals surface area contributed by atoms with Crippen LogP contribution in [0.15, 0.2) is 133 Å². The van der Waals surface area contributed by atoms with Crippen molar-refractivity contribution in [1.82, 2.24) is 15.0 Å². The van der Waals surface area contributed by atoms with E-state index in [0.29, 0.717) is 11.6 Å². The predicted octanol–water partition coefficient (Wildman–Crippen LogP) is 8.86. The van der Waals surface area contributed by atoms with Crippen LogP contribution >= 0.6 is 11.6 Å². The quantitative estimate of drug-likeness (QED) is 0.240. The second-order valence-electron chi connectivity index (χ2n) is 8.69. The maximum Gasteiger partial charge on any atom is 0.226 e. The van der Waals surface area contributed by atoms with Crippen molar-refractivity contribution in [3.63, 3.8) is 0 Å². The van der Waals surface area contributed by atoms with Gasteiger partial charge in [0.2, 0.25) is 5.28 Å². The average Bonchev–Trinajstić information content (AvgIpc) is 2.98. The van der Waals surface area contributed by atoms with Gasteiger partial charge in [0.15, 0.2) is 11.6 Å². The molecule has 0 radical (unpaired) electrons. The van der Waals surface area contributed by atoms with E-state index in [9.17, 15) is 0 Å². The van der Waals surface area contributed by atoms with Crippen molar-refractivity contribution in [2.45, 2.75) is 0 Å². The molecule has 0 N–H and O–H groups in total. The molecule has 6 aromatic rings. The van der Waals surface area contributed by atoms with Crippen molar-refractivity contribution in [3.05, 3.63) is 139 Å². The molecule has 0 bridgehead atoms. The standard InChI is InChI=1S/C33H22ClN3/c34-33-36-31(28-18-10-17-26(21-28)23-11-4-1-5-12-23)35-32(37-33)29-20-19-27(24-13-6-2-7-14-24)22-30(29)25-15-8-3-9-16-25/h1-22H. The van der Waals surface area contributed by atoms with Crippen LogP contribution in [0.5, 0.6) is 0 Å². The third kappa shape index (κ3) is 4.90. The molecule has 0 atom stereocenters. The summed E-state index contributed by atoms with van der Waals surface area (Å²) >= 11 is 6.47. The molecule has 0 aliphatic rings. The van der Waals surface area contributed by atoms with Gasteiger partial charge in [-0.1, -0.05) is 115 Å². The normalized spacial score (nSPS) is 10.8. The van der Waals surface area contributed by atoms with Crippen LogP contribution in [0, 0.1) is 0 Å². The molecule has 3 nitrogen and oxygen atoms in total. The SMILES string of the molecule is Clc1nc(-c2cccc(-c3ccccc3)c2)nc(-c2ccc(-c3ccccc3)cc2-c2ccccc2)n1. The summed E-state index contributed by atoms with van der Waals surface area (Å²) in [6, 6.07) is 45.4. The van der Waals surface area contributed by atoms with Gasteiger partial charge in [-0.3, -0.25) is 0 Å². The van der Waals surface area contributed by atoms with E-state index in [1.54, 1.807) is 0 Å². The number of hydrogen-bond donors (Lipinski definition) is 0. The zero-order valence-corrected chi connectivity index (χ0v) is 20.7. The highest BCUT2D eigenvalue weighted by Gasteiger charge is 2.15. The molecule has 0 unspecified atom stereocenters. The van der Waals surface area contributed by atoms with Crippen molar-refractivity contribution in [2.24, 2.45) is 0 Å². The fourth-order valence-corrected chi connectivity index (χ4v) is 4.63. The van der Waals surface area contributed by atoms with Crippen molar-refractivity contribution in [3.8, 4) is 56.2 Å². The van der Waals surface area contributed by atoms with E-state index < -0.39 is 0 Å². The fourth-order valence-electron chi connectivity index (χ4n) is 4.47. The number of nitrogens with zero attached hydrogens (tertiary/aromatic N) is 3. The smallest absolute Gasteiger partial charge is 0.208 e. The number of halogens is 1. The second kappa shape index (κ2) is 10.2. The van der Waals surface area contributed by atoms with Crippen LogP contribution < -0.4 is 0 Å². The third-order valence-electron chi connectivity index (χ3n) is 6.29. The van der Waals surface area contributed by atoms with E-state index in [2.05, 4.69) is 76.7 Å². The minimum Gasteiger partial charge on any atom is -0.208 e. The molecular weight excluding hydrogens is 474 g/mol. The maximum absolute atomic E-state index is 6.47. The molecule has 1 heterocycles. The van der Waals surface area contributed by atoms with Crippen molar-refractivity contribution < 1.29 is 0 Å². The van der Waals surface area contributed by atoms with Crippen LogP contribution in [0.3, 0.4) is 0 Å². The monoisotopic (exact) mass is 495 g/mol. The first kappa shape index (κ1) is 22.8. The summed E-state index contributed by atoms with van der Waals surface area (Å²) in [6.07, 6.45) is 0. The zero-order valence-electron chi connectivity index (χ0n) is 19.9. The van der Waals surface area contributed by atoms with Crippen LogP contribution in [0.1, 0.15) is 0 Å². The highest BCUT2D eigenvalue weighted by molar-refractivity contribution is 6.28. The molecule has 1 aromatic heterocycles. The van der Waals surface area contributed by atoms with Gasteiger partial charge in [-0.05, 0) is 63.2 Å². The summed E-state index contributed by atoms with van der Waals surface area (Å²) in [5, 5.41) is 0.163. The first-order chi connectivity index (χ1) is 18.2. The van der Waals surface area contributed by atoms with E-state index in [1.165, 1.54) is 0 Å². The molecule has 6 rings (SSSR count). The van der Waals surface area contributed by atoms with E-state index in [0.717, 1.165) is 44.5 Å². The lowest BCUT2D eigenvalue weighted by atomic mass is 9.94. The van der Waals surface area contributed by atoms with E-state index in [-0.39, 0.29) is 5.28 Å². The molecule has 176 valence electrons. The van der Waals surface area contributed by atoms with Crippen molar-refractivity contribution >= 4 is 11.6 Å². The Balaban J connectivity index is 1.48. The Bertz CT molecular complexity index is 1670. The Morgan fingerprint density at radius 3 is 1.51 bits per heavy atom. The highest BCUT2D eigenvalue weighted by atomic mass is 35.5. The Hall–Kier alpha value is -4.60. The fraction of sp³-hybridized carbons (Fsp3) is 0. The third-order valence-corrected chi connectivity index (χ3v) is 6.46. The molecule has 5 aromatic carbocycles. The van der Waals surface area contributed by atoms with Gasteiger partial charge >= 0.3 is 0 Å². The summed E-state index contributed by atoms with van der Waals surface area (Å²) in [5.41, 5.74) is 8.40. The lowest BCUT2D eigenvalue weighted by Gasteiger charge is -2.13. The first-order valence-corrected chi connectivity index (χ1v) is 12.5. The van der Waals surface area contributed by atoms with Crippen molar-refractivity contribution in [1.29, 1.82) is 0 Å². The topological polar surface area (TPSA) is 38.7 Å². The van der Waals surface area contributed by atoms with Gasteiger partial charge in [-0.2, -0.15) is 9.97 Å². The van der Waals surface area contributed by atoms with Gasteiger partial charge in [-0.15, -0.1) is 0 Å². The Morgan fingerprint density at radius 1 is 0.351 bits per heavy atom. The van der Waals surface area contributed by atoms with Crippen LogP contribution in [0.25, 0.3) is 56.2 Å². The van der Waals surface area contributed by atoms with E-state index in [1.807, 2.05) is 66.7 Å². The van der Waals surface area contributed by atoms with E-state index >= 15 is 0 Å². The number of aromatic nitrogens is 3. The largest absolute Gasteiger partial charge is 0.226 e. The molecular formula is C33H22ClN3. The number of rotatable bonds is 5. The molecule has 0 spiro atoms.